The first-order valence-electron chi connectivity index (χ1n) is 5.14. The standard InChI is InChI=1S/C11H16O4/c1-9(2)5-11(7(12)14-9)6-10(3,4)15-8(11)13/h5-6H2,1-4H3. The van der Waals surface area contributed by atoms with Crippen molar-refractivity contribution < 1.29 is 19.1 Å². The first kappa shape index (κ1) is 10.5. The van der Waals surface area contributed by atoms with Crippen molar-refractivity contribution in [1.82, 2.24) is 0 Å². The molecule has 0 radical (unpaired) electrons. The average Bonchev–Trinajstić information content (AvgIpc) is 2.31. The molecule has 2 fully saturated rings. The maximum atomic E-state index is 11.8. The molecule has 0 saturated carbocycles. The van der Waals surface area contributed by atoms with Gasteiger partial charge < -0.3 is 9.47 Å². The van der Waals surface area contributed by atoms with Gasteiger partial charge in [-0.2, -0.15) is 0 Å². The van der Waals surface area contributed by atoms with E-state index in [-0.39, 0.29) is 0 Å². The van der Waals surface area contributed by atoms with Crippen molar-refractivity contribution in [2.45, 2.75) is 51.7 Å². The third-order valence-electron chi connectivity index (χ3n) is 2.97. The first-order chi connectivity index (χ1) is 6.67. The predicted octanol–water partition coefficient (Wildman–Crippen LogP) is 1.42. The number of cyclic esters (lactones) is 2. The minimum absolute atomic E-state index is 0.418. The highest BCUT2D eigenvalue weighted by molar-refractivity contribution is 6.03. The summed E-state index contributed by atoms with van der Waals surface area (Å²) < 4.78 is 10.4. The van der Waals surface area contributed by atoms with Gasteiger partial charge in [0.05, 0.1) is 0 Å². The van der Waals surface area contributed by atoms with Crippen molar-refractivity contribution >= 4 is 11.9 Å². The second-order valence-electron chi connectivity index (χ2n) is 5.73. The van der Waals surface area contributed by atoms with Crippen molar-refractivity contribution in [2.75, 3.05) is 0 Å². The minimum Gasteiger partial charge on any atom is -0.459 e. The van der Waals surface area contributed by atoms with E-state index in [1.807, 2.05) is 27.7 Å². The van der Waals surface area contributed by atoms with Crippen LogP contribution in [0.15, 0.2) is 0 Å². The lowest BCUT2D eigenvalue weighted by Crippen LogP contribution is -2.32. The van der Waals surface area contributed by atoms with Gasteiger partial charge in [0.1, 0.15) is 11.2 Å². The summed E-state index contributed by atoms with van der Waals surface area (Å²) in [7, 11) is 0. The fourth-order valence-electron chi connectivity index (χ4n) is 2.66. The third kappa shape index (κ3) is 1.43. The van der Waals surface area contributed by atoms with E-state index < -0.39 is 28.6 Å². The molecule has 0 aromatic heterocycles. The zero-order valence-corrected chi connectivity index (χ0v) is 9.55. The summed E-state index contributed by atoms with van der Waals surface area (Å²) in [6.45, 7) is 7.27. The van der Waals surface area contributed by atoms with E-state index in [2.05, 4.69) is 0 Å². The van der Waals surface area contributed by atoms with Crippen LogP contribution in [0.3, 0.4) is 0 Å². The van der Waals surface area contributed by atoms with Crippen LogP contribution in [-0.2, 0) is 19.1 Å². The van der Waals surface area contributed by atoms with Gasteiger partial charge in [0.25, 0.3) is 0 Å². The molecular formula is C11H16O4. The quantitative estimate of drug-likeness (QED) is 0.450. The molecule has 15 heavy (non-hydrogen) atoms. The largest absolute Gasteiger partial charge is 0.459 e. The molecule has 0 aromatic rings. The van der Waals surface area contributed by atoms with Crippen LogP contribution in [-0.4, -0.2) is 23.1 Å². The highest BCUT2D eigenvalue weighted by Crippen LogP contribution is 2.51. The Morgan fingerprint density at radius 3 is 1.40 bits per heavy atom. The van der Waals surface area contributed by atoms with Gasteiger partial charge in [-0.1, -0.05) is 0 Å². The van der Waals surface area contributed by atoms with Gasteiger partial charge in [-0.15, -0.1) is 0 Å². The van der Waals surface area contributed by atoms with Crippen LogP contribution in [0.25, 0.3) is 0 Å². The van der Waals surface area contributed by atoms with E-state index in [1.54, 1.807) is 0 Å². The molecule has 4 nitrogen and oxygen atoms in total. The monoisotopic (exact) mass is 212 g/mol. The molecule has 2 aliphatic rings. The minimum atomic E-state index is -1.05. The van der Waals surface area contributed by atoms with Gasteiger partial charge in [0.15, 0.2) is 5.41 Å². The molecule has 2 rings (SSSR count). The highest BCUT2D eigenvalue weighted by Gasteiger charge is 2.65. The Kier molecular flexibility index (Phi) is 1.77. The summed E-state index contributed by atoms with van der Waals surface area (Å²) in [4.78, 5) is 23.6. The van der Waals surface area contributed by atoms with Crippen molar-refractivity contribution in [3.63, 3.8) is 0 Å². The highest BCUT2D eigenvalue weighted by atomic mass is 16.6. The second kappa shape index (κ2) is 2.54. The molecule has 0 N–H and O–H groups in total. The van der Waals surface area contributed by atoms with Crippen LogP contribution >= 0.6 is 0 Å². The van der Waals surface area contributed by atoms with Gasteiger partial charge in [0, 0.05) is 12.8 Å². The topological polar surface area (TPSA) is 52.6 Å². The maximum Gasteiger partial charge on any atom is 0.324 e. The second-order valence-corrected chi connectivity index (χ2v) is 5.73. The van der Waals surface area contributed by atoms with E-state index in [4.69, 9.17) is 9.47 Å². The Labute approximate surface area is 88.9 Å². The third-order valence-corrected chi connectivity index (χ3v) is 2.97. The molecule has 0 bridgehead atoms. The number of ether oxygens (including phenoxy) is 2. The Morgan fingerprint density at radius 2 is 1.20 bits per heavy atom. The fourth-order valence-corrected chi connectivity index (χ4v) is 2.66. The van der Waals surface area contributed by atoms with E-state index in [0.717, 1.165) is 0 Å². The number of esters is 2. The van der Waals surface area contributed by atoms with E-state index in [0.29, 0.717) is 12.8 Å². The van der Waals surface area contributed by atoms with Crippen molar-refractivity contribution in [2.24, 2.45) is 5.41 Å². The molecular weight excluding hydrogens is 196 g/mol. The average molecular weight is 212 g/mol. The summed E-state index contributed by atoms with van der Waals surface area (Å²) >= 11 is 0. The zero-order valence-electron chi connectivity index (χ0n) is 9.55. The molecule has 2 heterocycles. The van der Waals surface area contributed by atoms with Crippen LogP contribution in [0.1, 0.15) is 40.5 Å². The molecule has 0 atom stereocenters. The lowest BCUT2D eigenvalue weighted by molar-refractivity contribution is -0.160. The summed E-state index contributed by atoms with van der Waals surface area (Å²) in [6, 6.07) is 0. The molecule has 0 amide bonds. The number of rotatable bonds is 0. The summed E-state index contributed by atoms with van der Waals surface area (Å²) in [5, 5.41) is 0. The maximum absolute atomic E-state index is 11.8. The molecule has 84 valence electrons. The van der Waals surface area contributed by atoms with Gasteiger partial charge >= 0.3 is 11.9 Å². The summed E-state index contributed by atoms with van der Waals surface area (Å²) in [5.41, 5.74) is -2.17. The lowest BCUT2D eigenvalue weighted by atomic mass is 9.77. The molecule has 0 aliphatic carbocycles. The first-order valence-corrected chi connectivity index (χ1v) is 5.14. The Balaban J connectivity index is 2.37. The summed E-state index contributed by atoms with van der Waals surface area (Å²) in [6.07, 6.45) is 0.836. The Morgan fingerprint density at radius 1 is 0.867 bits per heavy atom. The lowest BCUT2D eigenvalue weighted by Gasteiger charge is -2.17. The Bertz CT molecular complexity index is 306. The fraction of sp³-hybridized carbons (Fsp3) is 0.818. The van der Waals surface area contributed by atoms with Crippen molar-refractivity contribution in [3.05, 3.63) is 0 Å². The zero-order chi connectivity index (χ0) is 11.5. The number of carbonyl (C=O) groups is 2. The number of carbonyl (C=O) groups excluding carboxylic acids is 2. The van der Waals surface area contributed by atoms with E-state index in [9.17, 15) is 9.59 Å². The van der Waals surface area contributed by atoms with E-state index in [1.165, 1.54) is 0 Å². The molecule has 0 unspecified atom stereocenters. The van der Waals surface area contributed by atoms with Crippen LogP contribution < -0.4 is 0 Å². The molecule has 0 aromatic carbocycles. The van der Waals surface area contributed by atoms with Crippen LogP contribution in [0.4, 0.5) is 0 Å². The number of hydrogen-bond acceptors (Lipinski definition) is 4. The SMILES string of the molecule is CC1(C)CC2(CC(C)(C)OC2=O)C(=O)O1. The molecule has 2 saturated heterocycles. The summed E-state index contributed by atoms with van der Waals surface area (Å²) in [5.74, 6) is -0.855. The van der Waals surface area contributed by atoms with Crippen LogP contribution in [0.2, 0.25) is 0 Å². The Hall–Kier alpha value is -1.06. The van der Waals surface area contributed by atoms with Gasteiger partial charge in [-0.25, -0.2) is 0 Å². The normalized spacial score (nSPS) is 30.4. The van der Waals surface area contributed by atoms with Gasteiger partial charge in [0.2, 0.25) is 0 Å². The molecule has 2 aliphatic heterocycles. The molecule has 1 spiro atoms. The smallest absolute Gasteiger partial charge is 0.324 e. The van der Waals surface area contributed by atoms with Gasteiger partial charge in [-0.05, 0) is 27.7 Å². The van der Waals surface area contributed by atoms with Crippen LogP contribution in [0, 0.1) is 5.41 Å². The van der Waals surface area contributed by atoms with Gasteiger partial charge in [-0.3, -0.25) is 9.59 Å². The van der Waals surface area contributed by atoms with E-state index >= 15 is 0 Å². The predicted molar refractivity (Wildman–Crippen MR) is 52.0 cm³/mol. The van der Waals surface area contributed by atoms with Crippen molar-refractivity contribution in [3.8, 4) is 0 Å². The van der Waals surface area contributed by atoms with Crippen molar-refractivity contribution in [1.29, 1.82) is 0 Å². The molecule has 4 heteroatoms. The van der Waals surface area contributed by atoms with Crippen LogP contribution in [0.5, 0.6) is 0 Å². The number of hydrogen-bond donors (Lipinski definition) is 0.